The second-order valence-electron chi connectivity index (χ2n) is 11.5. The number of hydrogen-bond acceptors (Lipinski definition) is 5. The molecule has 210 valence electrons. The van der Waals surface area contributed by atoms with Crippen molar-refractivity contribution >= 4 is 12.0 Å². The Morgan fingerprint density at radius 2 is 1.44 bits per heavy atom. The number of alkyl halides is 2. The molecule has 0 aromatic heterocycles. The van der Waals surface area contributed by atoms with E-state index in [1.165, 1.54) is 4.90 Å². The van der Waals surface area contributed by atoms with Crippen LogP contribution in [0.2, 0.25) is 0 Å². The molecule has 9 heteroatoms. The third-order valence-electron chi connectivity index (χ3n) is 8.26. The number of hydrogen-bond donors (Lipinski definition) is 1. The monoisotopic (exact) mass is 541 g/mol. The number of alkyl carbamates (subject to hydrolysis) is 1. The molecule has 0 aliphatic carbocycles. The van der Waals surface area contributed by atoms with Gasteiger partial charge in [-0.25, -0.2) is 13.6 Å². The highest BCUT2D eigenvalue weighted by molar-refractivity contribution is 5.94. The molecule has 1 unspecified atom stereocenters. The van der Waals surface area contributed by atoms with Crippen LogP contribution in [0.4, 0.5) is 13.6 Å². The molecule has 2 aromatic carbocycles. The van der Waals surface area contributed by atoms with Gasteiger partial charge in [0.1, 0.15) is 17.6 Å². The third kappa shape index (κ3) is 6.69. The van der Waals surface area contributed by atoms with E-state index in [1.54, 1.807) is 24.3 Å². The fraction of sp³-hybridized carbons (Fsp3) is 0.533. The van der Waals surface area contributed by atoms with Crippen molar-refractivity contribution in [2.24, 2.45) is 5.92 Å². The molecule has 7 nitrogen and oxygen atoms in total. The summed E-state index contributed by atoms with van der Waals surface area (Å²) in [5, 5.41) is 3.02. The smallest absolute Gasteiger partial charge is 0.408 e. The summed E-state index contributed by atoms with van der Waals surface area (Å²) >= 11 is 0. The van der Waals surface area contributed by atoms with Crippen molar-refractivity contribution in [2.45, 2.75) is 63.5 Å². The zero-order chi connectivity index (χ0) is 27.6. The Morgan fingerprint density at radius 1 is 0.872 bits per heavy atom. The molecule has 0 radical (unpaired) electrons. The Balaban J connectivity index is 1.14. The largest absolute Gasteiger partial charge is 0.457 e. The Morgan fingerprint density at radius 3 is 2.05 bits per heavy atom. The minimum atomic E-state index is -2.69. The van der Waals surface area contributed by atoms with E-state index in [2.05, 4.69) is 10.2 Å². The number of benzene rings is 2. The Kier molecular flexibility index (Phi) is 7.80. The Hall–Kier alpha value is -3.20. The highest BCUT2D eigenvalue weighted by Crippen LogP contribution is 2.31. The lowest BCUT2D eigenvalue weighted by Gasteiger charge is -2.31. The zero-order valence-corrected chi connectivity index (χ0v) is 22.6. The minimum Gasteiger partial charge on any atom is -0.457 e. The summed E-state index contributed by atoms with van der Waals surface area (Å²) in [5.74, 6) is -1.33. The molecule has 2 bridgehead atoms. The number of amides is 2. The van der Waals surface area contributed by atoms with E-state index in [4.69, 9.17) is 9.47 Å². The normalized spacial score (nSPS) is 24.5. The first-order chi connectivity index (χ1) is 18.6. The molecule has 39 heavy (non-hydrogen) atoms. The molecular weight excluding hydrogens is 504 g/mol. The van der Waals surface area contributed by atoms with E-state index in [0.29, 0.717) is 23.0 Å². The average Bonchev–Trinajstić information content (AvgIpc) is 3.22. The van der Waals surface area contributed by atoms with Gasteiger partial charge in [0.2, 0.25) is 0 Å². The van der Waals surface area contributed by atoms with Crippen LogP contribution in [0, 0.1) is 5.92 Å². The fourth-order valence-corrected chi connectivity index (χ4v) is 5.70. The van der Waals surface area contributed by atoms with E-state index in [1.807, 2.05) is 38.1 Å². The van der Waals surface area contributed by atoms with Crippen LogP contribution in [-0.4, -0.2) is 66.6 Å². The summed E-state index contributed by atoms with van der Waals surface area (Å²) in [7, 11) is 0. The van der Waals surface area contributed by atoms with Crippen molar-refractivity contribution in [3.8, 4) is 11.5 Å². The van der Waals surface area contributed by atoms with Crippen LogP contribution in [-0.2, 0) is 10.3 Å². The lowest BCUT2D eigenvalue weighted by molar-refractivity contribution is -0.0494. The second kappa shape index (κ2) is 11.1. The highest BCUT2D eigenvalue weighted by atomic mass is 19.3. The van der Waals surface area contributed by atoms with Crippen molar-refractivity contribution in [3.05, 3.63) is 59.7 Å². The van der Waals surface area contributed by atoms with Crippen molar-refractivity contribution < 1.29 is 27.8 Å². The second-order valence-corrected chi connectivity index (χ2v) is 11.5. The number of fused-ring (bicyclic) bond motifs is 4. The minimum absolute atomic E-state index is 0.0321. The van der Waals surface area contributed by atoms with Crippen LogP contribution in [0.3, 0.4) is 0 Å². The van der Waals surface area contributed by atoms with Gasteiger partial charge in [0.05, 0.1) is 5.54 Å². The maximum Gasteiger partial charge on any atom is 0.408 e. The van der Waals surface area contributed by atoms with Gasteiger partial charge in [-0.05, 0) is 94.1 Å². The first-order valence-corrected chi connectivity index (χ1v) is 13.8. The molecule has 0 saturated carbocycles. The predicted octanol–water partition coefficient (Wildman–Crippen LogP) is 5.80. The van der Waals surface area contributed by atoms with Crippen LogP contribution in [0.15, 0.2) is 48.5 Å². The SMILES string of the molecule is CC(C)(NC(=O)OC1CCN2CCC1CC2)c1ccc(Oc2ccc(C(=O)N3CCC(F)(F)CC3)cc2)cc1. The number of rotatable bonds is 6. The number of carbonyl (C=O) groups is 2. The molecule has 4 fully saturated rings. The van der Waals surface area contributed by atoms with Crippen LogP contribution in [0.5, 0.6) is 11.5 Å². The quantitative estimate of drug-likeness (QED) is 0.501. The molecule has 4 aliphatic rings. The molecule has 4 aliphatic heterocycles. The van der Waals surface area contributed by atoms with Crippen LogP contribution in [0.1, 0.15) is 61.9 Å². The van der Waals surface area contributed by atoms with Crippen LogP contribution >= 0.6 is 0 Å². The van der Waals surface area contributed by atoms with E-state index in [-0.39, 0.29) is 37.9 Å². The van der Waals surface area contributed by atoms with Crippen molar-refractivity contribution in [1.82, 2.24) is 15.1 Å². The molecule has 1 atom stereocenters. The number of halogens is 2. The standard InChI is InChI=1S/C30H37F2N3O4/c1-29(2,33-28(37)39-26-13-18-34-16-11-21(26)12-17-34)23-5-9-25(10-6-23)38-24-7-3-22(4-8-24)27(36)35-19-14-30(31,32)15-20-35/h3-10,21,26H,11-20H2,1-2H3,(H,33,37). The van der Waals surface area contributed by atoms with Crippen LogP contribution < -0.4 is 10.1 Å². The summed E-state index contributed by atoms with van der Waals surface area (Å²) in [5.41, 5.74) is 0.715. The molecule has 0 spiro atoms. The number of ether oxygens (including phenoxy) is 2. The van der Waals surface area contributed by atoms with E-state index >= 15 is 0 Å². The van der Waals surface area contributed by atoms with Crippen molar-refractivity contribution in [3.63, 3.8) is 0 Å². The highest BCUT2D eigenvalue weighted by Gasteiger charge is 2.36. The topological polar surface area (TPSA) is 71.1 Å². The predicted molar refractivity (Wildman–Crippen MR) is 143 cm³/mol. The van der Waals surface area contributed by atoms with E-state index in [9.17, 15) is 18.4 Å². The number of carbonyl (C=O) groups excluding carboxylic acids is 2. The lowest BCUT2D eigenvalue weighted by atomic mass is 9.92. The number of likely N-dealkylation sites (tertiary alicyclic amines) is 1. The molecule has 4 heterocycles. The van der Waals surface area contributed by atoms with Gasteiger partial charge < -0.3 is 24.6 Å². The zero-order valence-electron chi connectivity index (χ0n) is 22.6. The molecule has 2 aromatic rings. The Bertz CT molecular complexity index is 1150. The van der Waals surface area contributed by atoms with Crippen molar-refractivity contribution in [1.29, 1.82) is 0 Å². The van der Waals surface area contributed by atoms with Gasteiger partial charge >= 0.3 is 6.09 Å². The molecular formula is C30H37F2N3O4. The van der Waals surface area contributed by atoms with E-state index in [0.717, 1.165) is 44.5 Å². The van der Waals surface area contributed by atoms with Crippen LogP contribution in [0.25, 0.3) is 0 Å². The first-order valence-electron chi connectivity index (χ1n) is 13.8. The summed E-state index contributed by atoms with van der Waals surface area (Å²) in [6.07, 6.45) is 2.03. The number of nitrogens with zero attached hydrogens (tertiary/aromatic N) is 2. The molecule has 1 N–H and O–H groups in total. The van der Waals surface area contributed by atoms with Gasteiger partial charge in [-0.1, -0.05) is 12.1 Å². The van der Waals surface area contributed by atoms with Gasteiger partial charge in [0.25, 0.3) is 11.8 Å². The third-order valence-corrected chi connectivity index (χ3v) is 8.26. The van der Waals surface area contributed by atoms with Gasteiger partial charge in [-0.15, -0.1) is 0 Å². The van der Waals surface area contributed by atoms with Gasteiger partial charge in [0, 0.05) is 38.0 Å². The first kappa shape index (κ1) is 27.4. The maximum atomic E-state index is 13.4. The van der Waals surface area contributed by atoms with E-state index < -0.39 is 17.6 Å². The Labute approximate surface area is 228 Å². The van der Waals surface area contributed by atoms with Crippen molar-refractivity contribution in [2.75, 3.05) is 32.7 Å². The molecule has 2 amide bonds. The molecule has 4 saturated heterocycles. The number of nitrogens with one attached hydrogen (secondary N) is 1. The van der Waals surface area contributed by atoms with Gasteiger partial charge in [0.15, 0.2) is 0 Å². The van der Waals surface area contributed by atoms with Gasteiger partial charge in [-0.3, -0.25) is 4.79 Å². The molecule has 6 rings (SSSR count). The summed E-state index contributed by atoms with van der Waals surface area (Å²) in [4.78, 5) is 29.3. The number of piperidine rings is 2. The van der Waals surface area contributed by atoms with Gasteiger partial charge in [-0.2, -0.15) is 0 Å². The lowest BCUT2D eigenvalue weighted by Crippen LogP contribution is -2.43. The average molecular weight is 542 g/mol. The summed E-state index contributed by atoms with van der Waals surface area (Å²) in [6, 6.07) is 14.1. The summed E-state index contributed by atoms with van der Waals surface area (Å²) < 4.78 is 38.6. The fourth-order valence-electron chi connectivity index (χ4n) is 5.70. The summed E-state index contributed by atoms with van der Waals surface area (Å²) in [6.45, 7) is 7.16. The maximum absolute atomic E-state index is 13.4.